The van der Waals surface area contributed by atoms with E-state index in [4.69, 9.17) is 29.9 Å². The summed E-state index contributed by atoms with van der Waals surface area (Å²) in [5, 5.41) is 5.92. The third-order valence-corrected chi connectivity index (χ3v) is 11.4. The lowest BCUT2D eigenvalue weighted by molar-refractivity contribution is 1.07. The van der Waals surface area contributed by atoms with E-state index in [1.54, 1.807) is 11.3 Å². The van der Waals surface area contributed by atoms with Crippen molar-refractivity contribution >= 4 is 53.3 Å². The van der Waals surface area contributed by atoms with E-state index in [1.165, 1.54) is 21.5 Å². The van der Waals surface area contributed by atoms with Gasteiger partial charge >= 0.3 is 0 Å². The molecule has 0 spiro atoms. The quantitative estimate of drug-likeness (QED) is 0.158. The molecule has 11 aromatic rings. The van der Waals surface area contributed by atoms with E-state index in [0.717, 1.165) is 64.9 Å². The van der Waals surface area contributed by atoms with Crippen molar-refractivity contribution in [3.63, 3.8) is 0 Å². The second-order valence-electron chi connectivity index (χ2n) is 14.0. The van der Waals surface area contributed by atoms with Crippen LogP contribution in [0.2, 0.25) is 0 Å². The van der Waals surface area contributed by atoms with E-state index >= 15 is 0 Å². The van der Waals surface area contributed by atoms with E-state index < -0.39 is 0 Å². The van der Waals surface area contributed by atoms with Gasteiger partial charge in [0.2, 0.25) is 0 Å². The van der Waals surface area contributed by atoms with Crippen LogP contribution in [0.4, 0.5) is 0 Å². The fourth-order valence-corrected chi connectivity index (χ4v) is 8.39. The van der Waals surface area contributed by atoms with Crippen molar-refractivity contribution in [3.8, 4) is 67.8 Å². The minimum atomic E-state index is 0.594. The average molecular weight is 747 g/mol. The van der Waals surface area contributed by atoms with Crippen molar-refractivity contribution in [2.24, 2.45) is 0 Å². The molecule has 11 rings (SSSR count). The summed E-state index contributed by atoms with van der Waals surface area (Å²) in [5.41, 5.74) is 8.94. The van der Waals surface area contributed by atoms with Crippen molar-refractivity contribution < 1.29 is 0 Å². The first-order valence-corrected chi connectivity index (χ1v) is 19.6. The Morgan fingerprint density at radius 1 is 0.316 bits per heavy atom. The molecule has 0 amide bonds. The molecule has 4 heterocycles. The number of rotatable bonds is 6. The van der Waals surface area contributed by atoms with E-state index in [-0.39, 0.29) is 0 Å². The number of aromatic nitrogens is 6. The number of hydrogen-bond acceptors (Lipinski definition) is 7. The van der Waals surface area contributed by atoms with Gasteiger partial charge in [0.1, 0.15) is 4.83 Å². The summed E-state index contributed by atoms with van der Waals surface area (Å²) in [4.78, 5) is 30.6. The summed E-state index contributed by atoms with van der Waals surface area (Å²) < 4.78 is 1.00. The van der Waals surface area contributed by atoms with Crippen molar-refractivity contribution in [2.75, 3.05) is 0 Å². The third kappa shape index (κ3) is 6.16. The van der Waals surface area contributed by atoms with Gasteiger partial charge in [0, 0.05) is 45.6 Å². The first kappa shape index (κ1) is 32.9. The van der Waals surface area contributed by atoms with Crippen LogP contribution in [0.3, 0.4) is 0 Å². The smallest absolute Gasteiger partial charge is 0.164 e. The molecular weight excluding hydrogens is 717 g/mol. The van der Waals surface area contributed by atoms with Crippen LogP contribution < -0.4 is 0 Å². The van der Waals surface area contributed by atoms with E-state index in [2.05, 4.69) is 84.9 Å². The molecule has 266 valence electrons. The van der Waals surface area contributed by atoms with Crippen LogP contribution in [-0.4, -0.2) is 29.9 Å². The Kier molecular flexibility index (Phi) is 7.89. The van der Waals surface area contributed by atoms with Crippen LogP contribution in [0, 0.1) is 0 Å². The lowest BCUT2D eigenvalue weighted by atomic mass is 9.99. The molecule has 4 aromatic heterocycles. The Bertz CT molecular complexity index is 3290. The highest BCUT2D eigenvalue weighted by Crippen LogP contribution is 2.36. The molecule has 6 nitrogen and oxygen atoms in total. The minimum Gasteiger partial charge on any atom is -0.245 e. The molecule has 7 heteroatoms. The number of thiophene rings is 1. The predicted molar refractivity (Wildman–Crippen MR) is 234 cm³/mol. The van der Waals surface area contributed by atoms with Crippen LogP contribution in [-0.2, 0) is 0 Å². The Hall–Kier alpha value is -7.48. The molecule has 0 aliphatic carbocycles. The molecule has 0 unspecified atom stereocenters. The molecule has 7 aromatic carbocycles. The average Bonchev–Trinajstić information content (AvgIpc) is 3.66. The van der Waals surface area contributed by atoms with Gasteiger partial charge in [0.05, 0.1) is 10.2 Å². The number of fused-ring (bicyclic) bond motifs is 5. The predicted octanol–water partition coefficient (Wildman–Crippen LogP) is 12.7. The lowest BCUT2D eigenvalue weighted by Gasteiger charge is -2.10. The Balaban J connectivity index is 0.946. The summed E-state index contributed by atoms with van der Waals surface area (Å²) in [5.74, 6) is 2.48. The molecule has 0 fully saturated rings. The van der Waals surface area contributed by atoms with Gasteiger partial charge in [0.25, 0.3) is 0 Å². The van der Waals surface area contributed by atoms with Crippen molar-refractivity contribution in [1.29, 1.82) is 0 Å². The van der Waals surface area contributed by atoms with Crippen LogP contribution in [0.5, 0.6) is 0 Å². The highest BCUT2D eigenvalue weighted by atomic mass is 32.1. The zero-order valence-electron chi connectivity index (χ0n) is 30.4. The van der Waals surface area contributed by atoms with Crippen LogP contribution in [0.25, 0.3) is 110 Å². The molecule has 0 saturated carbocycles. The summed E-state index contributed by atoms with van der Waals surface area (Å²) in [7, 11) is 0. The molecule has 0 bridgehead atoms. The topological polar surface area (TPSA) is 77.3 Å². The van der Waals surface area contributed by atoms with Crippen LogP contribution in [0.1, 0.15) is 0 Å². The van der Waals surface area contributed by atoms with Gasteiger partial charge in [-0.3, -0.25) is 0 Å². The standard InChI is InChI=1S/C50H30N6S/c1-3-10-31(11-4-1)35-16-9-17-40(25-35)49-55-47(32-12-5-2-6-13-32)54-48(56-49)34-20-18-33(19-21-34)46-51-30-44-45(53-46)43-28-42(29-52-50(43)57-44)39-23-22-38-24-36-14-7-8-15-37(36)26-41(38)27-39/h1-30H. The highest BCUT2D eigenvalue weighted by Gasteiger charge is 2.16. The maximum atomic E-state index is 5.11. The minimum absolute atomic E-state index is 0.594. The van der Waals surface area contributed by atoms with Gasteiger partial charge < -0.3 is 0 Å². The maximum Gasteiger partial charge on any atom is 0.164 e. The SMILES string of the molecule is c1ccc(-c2cccc(-c3nc(-c4ccccc4)nc(-c4ccc(-c5ncc6sc7ncc(-c8ccc9cc%10ccccc%10cc9c8)cc7c6n5)cc4)n3)c2)cc1. The number of hydrogen-bond donors (Lipinski definition) is 0. The normalized spacial score (nSPS) is 11.5. The van der Waals surface area contributed by atoms with Crippen molar-refractivity contribution in [2.45, 2.75) is 0 Å². The number of benzene rings is 7. The van der Waals surface area contributed by atoms with Gasteiger partial charge in [0.15, 0.2) is 23.3 Å². The molecule has 0 N–H and O–H groups in total. The fourth-order valence-electron chi connectivity index (χ4n) is 7.45. The largest absolute Gasteiger partial charge is 0.245 e. The summed E-state index contributed by atoms with van der Waals surface area (Å²) >= 11 is 1.61. The van der Waals surface area contributed by atoms with E-state index in [0.29, 0.717) is 23.3 Å². The maximum absolute atomic E-state index is 5.11. The summed E-state index contributed by atoms with van der Waals surface area (Å²) in [6, 6.07) is 58.7. The lowest BCUT2D eigenvalue weighted by Crippen LogP contribution is -2.00. The van der Waals surface area contributed by atoms with E-state index in [1.807, 2.05) is 97.3 Å². The molecular formula is C50H30N6S. The van der Waals surface area contributed by atoms with Gasteiger partial charge in [-0.2, -0.15) is 0 Å². The Labute approximate surface area is 331 Å². The first-order valence-electron chi connectivity index (χ1n) is 18.7. The number of pyridine rings is 1. The second-order valence-corrected chi connectivity index (χ2v) is 15.1. The molecule has 0 radical (unpaired) electrons. The van der Waals surface area contributed by atoms with Gasteiger partial charge in [-0.15, -0.1) is 11.3 Å². The highest BCUT2D eigenvalue weighted by molar-refractivity contribution is 7.25. The third-order valence-electron chi connectivity index (χ3n) is 10.4. The van der Waals surface area contributed by atoms with Crippen molar-refractivity contribution in [3.05, 3.63) is 182 Å². The van der Waals surface area contributed by atoms with Gasteiger partial charge in [-0.25, -0.2) is 29.9 Å². The summed E-state index contributed by atoms with van der Waals surface area (Å²) in [6.07, 6.45) is 3.87. The van der Waals surface area contributed by atoms with Crippen molar-refractivity contribution in [1.82, 2.24) is 29.9 Å². The van der Waals surface area contributed by atoms with Gasteiger partial charge in [-0.05, 0) is 68.6 Å². The van der Waals surface area contributed by atoms with Crippen LogP contribution in [0.15, 0.2) is 182 Å². The molecule has 0 saturated heterocycles. The summed E-state index contributed by atoms with van der Waals surface area (Å²) in [6.45, 7) is 0. The first-order chi connectivity index (χ1) is 28.2. The zero-order valence-corrected chi connectivity index (χ0v) is 31.2. The molecule has 0 aliphatic heterocycles. The van der Waals surface area contributed by atoms with Crippen LogP contribution >= 0.6 is 11.3 Å². The van der Waals surface area contributed by atoms with Gasteiger partial charge in [-0.1, -0.05) is 140 Å². The second kappa shape index (κ2) is 13.7. The fraction of sp³-hybridized carbons (Fsp3) is 0. The Morgan fingerprint density at radius 3 is 1.60 bits per heavy atom. The Morgan fingerprint density at radius 2 is 0.860 bits per heavy atom. The van der Waals surface area contributed by atoms with E-state index in [9.17, 15) is 0 Å². The number of nitrogens with zero attached hydrogens (tertiary/aromatic N) is 6. The molecule has 0 aliphatic rings. The molecule has 57 heavy (non-hydrogen) atoms. The molecule has 0 atom stereocenters. The zero-order chi connectivity index (χ0) is 37.7. The monoisotopic (exact) mass is 746 g/mol.